The van der Waals surface area contributed by atoms with Gasteiger partial charge in [0, 0.05) is 18.5 Å². The Morgan fingerprint density at radius 3 is 2.93 bits per heavy atom. The van der Waals surface area contributed by atoms with E-state index in [-0.39, 0.29) is 11.9 Å². The first-order valence-corrected chi connectivity index (χ1v) is 5.47. The van der Waals surface area contributed by atoms with Crippen LogP contribution in [0.3, 0.4) is 0 Å². The van der Waals surface area contributed by atoms with Crippen LogP contribution in [0.25, 0.3) is 0 Å². The van der Waals surface area contributed by atoms with E-state index in [1.807, 2.05) is 25.1 Å². The molecule has 1 atom stereocenters. The Bertz CT molecular complexity index is 325. The average molecular weight is 228 g/mol. The fraction of sp³-hybridized carbons (Fsp3) is 0.333. The lowest BCUT2D eigenvalue weighted by Crippen LogP contribution is -2.18. The zero-order valence-electron chi connectivity index (χ0n) is 8.71. The minimum absolute atomic E-state index is 0.140. The van der Waals surface area contributed by atoms with Crippen molar-refractivity contribution in [2.75, 3.05) is 12.4 Å². The van der Waals surface area contributed by atoms with Crippen molar-refractivity contribution in [3.63, 3.8) is 0 Å². The van der Waals surface area contributed by atoms with Crippen molar-refractivity contribution in [1.29, 1.82) is 0 Å². The minimum Gasteiger partial charge on any atom is -0.307 e. The standard InChI is InChI=1S/C12H15ClFN/c1-10(15-8-3-2-7-13)11-5-4-6-12(14)9-11/h2-6,9-10,15H,7-8H2,1H3/b3-2+/t10-/m1/s1. The summed E-state index contributed by atoms with van der Waals surface area (Å²) >= 11 is 5.49. The third-order valence-corrected chi connectivity index (χ3v) is 2.32. The molecular weight excluding hydrogens is 213 g/mol. The fourth-order valence-electron chi connectivity index (χ4n) is 1.28. The topological polar surface area (TPSA) is 12.0 Å². The molecule has 1 nitrogen and oxygen atoms in total. The van der Waals surface area contributed by atoms with Gasteiger partial charge in [0.05, 0.1) is 0 Å². The lowest BCUT2D eigenvalue weighted by molar-refractivity contribution is 0.595. The summed E-state index contributed by atoms with van der Waals surface area (Å²) in [6, 6.07) is 6.76. The van der Waals surface area contributed by atoms with Gasteiger partial charge in [0.25, 0.3) is 0 Å². The molecule has 82 valence electrons. The van der Waals surface area contributed by atoms with Gasteiger partial charge in [0.2, 0.25) is 0 Å². The smallest absolute Gasteiger partial charge is 0.123 e. The van der Waals surface area contributed by atoms with Gasteiger partial charge in [-0.3, -0.25) is 0 Å². The Kier molecular flexibility index (Phi) is 5.37. The van der Waals surface area contributed by atoms with E-state index in [9.17, 15) is 4.39 Å². The molecule has 1 aromatic rings. The van der Waals surface area contributed by atoms with Crippen LogP contribution in [0.15, 0.2) is 36.4 Å². The predicted octanol–water partition coefficient (Wildman–Crippen LogP) is 3.27. The van der Waals surface area contributed by atoms with Gasteiger partial charge in [-0.2, -0.15) is 0 Å². The lowest BCUT2D eigenvalue weighted by atomic mass is 10.1. The van der Waals surface area contributed by atoms with E-state index < -0.39 is 0 Å². The van der Waals surface area contributed by atoms with Gasteiger partial charge in [-0.15, -0.1) is 11.6 Å². The molecule has 1 N–H and O–H groups in total. The highest BCUT2D eigenvalue weighted by molar-refractivity contribution is 6.18. The number of benzene rings is 1. The lowest BCUT2D eigenvalue weighted by Gasteiger charge is -2.12. The molecule has 0 spiro atoms. The Balaban J connectivity index is 2.46. The van der Waals surface area contributed by atoms with Crippen LogP contribution in [0.5, 0.6) is 0 Å². The summed E-state index contributed by atoms with van der Waals surface area (Å²) < 4.78 is 12.9. The third kappa shape index (κ3) is 4.45. The molecule has 0 aliphatic carbocycles. The molecule has 0 radical (unpaired) electrons. The maximum absolute atomic E-state index is 12.9. The van der Waals surface area contributed by atoms with E-state index in [0.29, 0.717) is 5.88 Å². The second-order valence-electron chi connectivity index (χ2n) is 3.31. The van der Waals surface area contributed by atoms with Gasteiger partial charge >= 0.3 is 0 Å². The summed E-state index contributed by atoms with van der Waals surface area (Å²) in [5, 5.41) is 3.25. The summed E-state index contributed by atoms with van der Waals surface area (Å²) in [5.41, 5.74) is 0.953. The van der Waals surface area contributed by atoms with Crippen LogP contribution < -0.4 is 5.32 Å². The summed E-state index contributed by atoms with van der Waals surface area (Å²) in [4.78, 5) is 0. The first-order valence-electron chi connectivity index (χ1n) is 4.94. The molecule has 0 aromatic heterocycles. The summed E-state index contributed by atoms with van der Waals surface area (Å²) in [6.07, 6.45) is 3.84. The largest absolute Gasteiger partial charge is 0.307 e. The molecule has 0 saturated carbocycles. The van der Waals surface area contributed by atoms with E-state index in [2.05, 4.69) is 5.32 Å². The van der Waals surface area contributed by atoms with Crippen LogP contribution >= 0.6 is 11.6 Å². The van der Waals surface area contributed by atoms with Crippen molar-refractivity contribution in [3.05, 3.63) is 47.8 Å². The maximum atomic E-state index is 12.9. The highest BCUT2D eigenvalue weighted by atomic mass is 35.5. The van der Waals surface area contributed by atoms with Gasteiger partial charge in [-0.25, -0.2) is 4.39 Å². The molecule has 0 unspecified atom stereocenters. The zero-order valence-corrected chi connectivity index (χ0v) is 9.47. The van der Waals surface area contributed by atoms with Crippen molar-refractivity contribution < 1.29 is 4.39 Å². The van der Waals surface area contributed by atoms with Gasteiger partial charge in [0.15, 0.2) is 0 Å². The van der Waals surface area contributed by atoms with Crippen LogP contribution in [-0.4, -0.2) is 12.4 Å². The Labute approximate surface area is 95.0 Å². The normalized spacial score (nSPS) is 13.3. The summed E-state index contributed by atoms with van der Waals surface area (Å²) in [6.45, 7) is 2.74. The van der Waals surface area contributed by atoms with E-state index in [0.717, 1.165) is 12.1 Å². The molecule has 1 aromatic carbocycles. The molecule has 0 aliphatic heterocycles. The van der Waals surface area contributed by atoms with E-state index in [1.165, 1.54) is 6.07 Å². The summed E-state index contributed by atoms with van der Waals surface area (Å²) in [5.74, 6) is 0.327. The van der Waals surface area contributed by atoms with Crippen molar-refractivity contribution in [2.45, 2.75) is 13.0 Å². The highest BCUT2D eigenvalue weighted by Crippen LogP contribution is 2.12. The molecule has 0 aliphatic rings. The maximum Gasteiger partial charge on any atom is 0.123 e. The predicted molar refractivity (Wildman–Crippen MR) is 62.7 cm³/mol. The molecule has 3 heteroatoms. The molecule has 1 rings (SSSR count). The van der Waals surface area contributed by atoms with Crippen LogP contribution in [-0.2, 0) is 0 Å². The van der Waals surface area contributed by atoms with Crippen molar-refractivity contribution >= 4 is 11.6 Å². The Morgan fingerprint density at radius 1 is 1.47 bits per heavy atom. The zero-order chi connectivity index (χ0) is 11.1. The van der Waals surface area contributed by atoms with Crippen LogP contribution in [0.2, 0.25) is 0 Å². The van der Waals surface area contributed by atoms with Crippen molar-refractivity contribution in [2.24, 2.45) is 0 Å². The molecule has 0 amide bonds. The number of hydrogen-bond donors (Lipinski definition) is 1. The SMILES string of the molecule is C[C@@H](NC/C=C/CCl)c1cccc(F)c1. The monoisotopic (exact) mass is 227 g/mol. The Morgan fingerprint density at radius 2 is 2.27 bits per heavy atom. The van der Waals surface area contributed by atoms with E-state index >= 15 is 0 Å². The third-order valence-electron chi connectivity index (χ3n) is 2.15. The second-order valence-corrected chi connectivity index (χ2v) is 3.62. The highest BCUT2D eigenvalue weighted by Gasteiger charge is 2.03. The quantitative estimate of drug-likeness (QED) is 0.602. The number of allylic oxidation sites excluding steroid dienone is 1. The Hall–Kier alpha value is -0.860. The van der Waals surface area contributed by atoms with Gasteiger partial charge < -0.3 is 5.32 Å². The minimum atomic E-state index is -0.197. The average Bonchev–Trinajstić information content (AvgIpc) is 2.24. The van der Waals surface area contributed by atoms with E-state index in [4.69, 9.17) is 11.6 Å². The molecule has 0 fully saturated rings. The van der Waals surface area contributed by atoms with Gasteiger partial charge in [-0.1, -0.05) is 24.3 Å². The van der Waals surface area contributed by atoms with Crippen molar-refractivity contribution in [3.8, 4) is 0 Å². The fourth-order valence-corrected chi connectivity index (χ4v) is 1.41. The number of halogens is 2. The molecule has 0 saturated heterocycles. The van der Waals surface area contributed by atoms with Crippen molar-refractivity contribution in [1.82, 2.24) is 5.32 Å². The first-order chi connectivity index (χ1) is 7.24. The second kappa shape index (κ2) is 6.59. The number of rotatable bonds is 5. The summed E-state index contributed by atoms with van der Waals surface area (Å²) in [7, 11) is 0. The molecule has 0 heterocycles. The van der Waals surface area contributed by atoms with Crippen LogP contribution in [0, 0.1) is 5.82 Å². The molecule has 15 heavy (non-hydrogen) atoms. The number of hydrogen-bond acceptors (Lipinski definition) is 1. The number of nitrogens with one attached hydrogen (secondary N) is 1. The van der Waals surface area contributed by atoms with E-state index in [1.54, 1.807) is 12.1 Å². The van der Waals surface area contributed by atoms with Gasteiger partial charge in [0.1, 0.15) is 5.82 Å². The van der Waals surface area contributed by atoms with Crippen LogP contribution in [0.1, 0.15) is 18.5 Å². The van der Waals surface area contributed by atoms with Gasteiger partial charge in [-0.05, 0) is 24.6 Å². The molecular formula is C12H15ClFN. The van der Waals surface area contributed by atoms with Crippen LogP contribution in [0.4, 0.5) is 4.39 Å². The molecule has 0 bridgehead atoms. The first kappa shape index (κ1) is 12.2. The number of alkyl halides is 1.